The lowest BCUT2D eigenvalue weighted by Crippen LogP contribution is -2.29. The van der Waals surface area contributed by atoms with Crippen LogP contribution in [0, 0.1) is 0 Å². The lowest BCUT2D eigenvalue weighted by Gasteiger charge is -2.16. The van der Waals surface area contributed by atoms with E-state index in [0.717, 1.165) is 19.6 Å². The molecular weight excluding hydrogens is 256 g/mol. The molecule has 0 bridgehead atoms. The highest BCUT2D eigenvalue weighted by Gasteiger charge is 2.07. The number of hydrogen-bond acceptors (Lipinski definition) is 6. The van der Waals surface area contributed by atoms with E-state index in [1.807, 2.05) is 20.9 Å². The number of ether oxygens (including phenoxy) is 2. The molecule has 1 aromatic heterocycles. The molecular formula is C14H28N4O2. The topological polar surface area (TPSA) is 59.5 Å². The zero-order chi connectivity index (χ0) is 15.4. The molecule has 116 valence electrons. The molecule has 0 saturated heterocycles. The van der Waals surface area contributed by atoms with Crippen LogP contribution in [-0.4, -0.2) is 55.8 Å². The Labute approximate surface area is 122 Å². The Morgan fingerprint density at radius 1 is 1.15 bits per heavy atom. The zero-order valence-corrected chi connectivity index (χ0v) is 13.6. The van der Waals surface area contributed by atoms with E-state index in [1.54, 1.807) is 20.3 Å². The van der Waals surface area contributed by atoms with Gasteiger partial charge in [-0.3, -0.25) is 4.90 Å². The van der Waals surface area contributed by atoms with Gasteiger partial charge in [0.2, 0.25) is 11.8 Å². The van der Waals surface area contributed by atoms with Crippen LogP contribution < -0.4 is 14.8 Å². The number of rotatable bonds is 8. The van der Waals surface area contributed by atoms with Crippen molar-refractivity contribution >= 4 is 0 Å². The van der Waals surface area contributed by atoms with Gasteiger partial charge in [0.1, 0.15) is 5.82 Å². The minimum absolute atomic E-state index is 0.525. The Kier molecular flexibility index (Phi) is 10.6. The molecule has 0 unspecified atom stereocenters. The SMILES string of the molecule is CC.CCNCCN(C)Cc1nc(OC)cc(OC)n1. The monoisotopic (exact) mass is 284 g/mol. The highest BCUT2D eigenvalue weighted by molar-refractivity contribution is 5.20. The first-order valence-electron chi connectivity index (χ1n) is 7.04. The van der Waals surface area contributed by atoms with Crippen molar-refractivity contribution in [3.8, 4) is 11.8 Å². The van der Waals surface area contributed by atoms with E-state index in [2.05, 4.69) is 27.1 Å². The van der Waals surface area contributed by atoms with Gasteiger partial charge in [0.05, 0.1) is 26.8 Å². The summed E-state index contributed by atoms with van der Waals surface area (Å²) >= 11 is 0. The van der Waals surface area contributed by atoms with Crippen LogP contribution in [-0.2, 0) is 6.54 Å². The molecule has 0 aromatic carbocycles. The highest BCUT2D eigenvalue weighted by atomic mass is 16.5. The van der Waals surface area contributed by atoms with Crippen LogP contribution in [0.3, 0.4) is 0 Å². The molecule has 1 N–H and O–H groups in total. The molecule has 0 saturated carbocycles. The summed E-state index contributed by atoms with van der Waals surface area (Å²) < 4.78 is 10.2. The number of nitrogens with one attached hydrogen (secondary N) is 1. The van der Waals surface area contributed by atoms with Crippen LogP contribution in [0.4, 0.5) is 0 Å². The molecule has 6 heteroatoms. The van der Waals surface area contributed by atoms with Crippen molar-refractivity contribution in [1.82, 2.24) is 20.2 Å². The molecule has 0 aliphatic rings. The van der Waals surface area contributed by atoms with Gasteiger partial charge < -0.3 is 14.8 Å². The number of nitrogens with zero attached hydrogens (tertiary/aromatic N) is 3. The maximum Gasteiger partial charge on any atom is 0.220 e. The first-order valence-corrected chi connectivity index (χ1v) is 7.04. The third kappa shape index (κ3) is 7.25. The van der Waals surface area contributed by atoms with Crippen LogP contribution in [0.25, 0.3) is 0 Å². The van der Waals surface area contributed by atoms with E-state index in [-0.39, 0.29) is 0 Å². The Hall–Kier alpha value is -1.40. The molecule has 1 heterocycles. The fraction of sp³-hybridized carbons (Fsp3) is 0.714. The van der Waals surface area contributed by atoms with Crippen molar-refractivity contribution in [3.63, 3.8) is 0 Å². The first-order chi connectivity index (χ1) is 9.69. The molecule has 0 aliphatic heterocycles. The molecule has 1 rings (SSSR count). The van der Waals surface area contributed by atoms with Gasteiger partial charge in [-0.15, -0.1) is 0 Å². The average Bonchev–Trinajstić information content (AvgIpc) is 2.49. The molecule has 0 spiro atoms. The minimum Gasteiger partial charge on any atom is -0.481 e. The number of likely N-dealkylation sites (N-methyl/N-ethyl adjacent to an activating group) is 2. The van der Waals surface area contributed by atoms with E-state index in [4.69, 9.17) is 9.47 Å². The minimum atomic E-state index is 0.525. The molecule has 0 fully saturated rings. The lowest BCUT2D eigenvalue weighted by atomic mass is 10.4. The Bertz CT molecular complexity index is 339. The zero-order valence-electron chi connectivity index (χ0n) is 13.6. The van der Waals surface area contributed by atoms with Gasteiger partial charge >= 0.3 is 0 Å². The second kappa shape index (κ2) is 11.4. The molecule has 0 amide bonds. The van der Waals surface area contributed by atoms with Crippen LogP contribution in [0.15, 0.2) is 6.07 Å². The van der Waals surface area contributed by atoms with Crippen molar-refractivity contribution in [2.24, 2.45) is 0 Å². The van der Waals surface area contributed by atoms with Gasteiger partial charge in [0.25, 0.3) is 0 Å². The fourth-order valence-electron chi connectivity index (χ4n) is 1.50. The van der Waals surface area contributed by atoms with Crippen LogP contribution in [0.1, 0.15) is 26.6 Å². The van der Waals surface area contributed by atoms with Crippen molar-refractivity contribution in [3.05, 3.63) is 11.9 Å². The quantitative estimate of drug-likeness (QED) is 0.731. The van der Waals surface area contributed by atoms with Crippen LogP contribution >= 0.6 is 0 Å². The Morgan fingerprint density at radius 2 is 1.70 bits per heavy atom. The standard InChI is InChI=1S/C12H22N4O2.C2H6/c1-5-13-6-7-16(2)9-10-14-11(17-3)8-12(15-10)18-4;1-2/h8,13H,5-7,9H2,1-4H3;1-2H3. The van der Waals surface area contributed by atoms with E-state index in [1.165, 1.54) is 0 Å². The summed E-state index contributed by atoms with van der Waals surface area (Å²) in [6.07, 6.45) is 0. The van der Waals surface area contributed by atoms with E-state index in [0.29, 0.717) is 24.1 Å². The largest absolute Gasteiger partial charge is 0.481 e. The normalized spacial score (nSPS) is 9.95. The number of hydrogen-bond donors (Lipinski definition) is 1. The Morgan fingerprint density at radius 3 is 2.15 bits per heavy atom. The van der Waals surface area contributed by atoms with Gasteiger partial charge in [0.15, 0.2) is 0 Å². The summed E-state index contributed by atoms with van der Waals surface area (Å²) in [6.45, 7) is 9.64. The number of methoxy groups -OCH3 is 2. The van der Waals surface area contributed by atoms with E-state index < -0.39 is 0 Å². The van der Waals surface area contributed by atoms with Crippen molar-refractivity contribution < 1.29 is 9.47 Å². The third-order valence-corrected chi connectivity index (χ3v) is 2.48. The summed E-state index contributed by atoms with van der Waals surface area (Å²) in [5.41, 5.74) is 0. The maximum absolute atomic E-state index is 5.12. The lowest BCUT2D eigenvalue weighted by molar-refractivity contribution is 0.308. The third-order valence-electron chi connectivity index (χ3n) is 2.48. The fourth-order valence-corrected chi connectivity index (χ4v) is 1.50. The smallest absolute Gasteiger partial charge is 0.220 e. The van der Waals surface area contributed by atoms with E-state index in [9.17, 15) is 0 Å². The second-order valence-electron chi connectivity index (χ2n) is 3.96. The summed E-state index contributed by atoms with van der Waals surface area (Å²) in [6, 6.07) is 1.67. The molecule has 0 atom stereocenters. The summed E-state index contributed by atoms with van der Waals surface area (Å²) in [7, 11) is 5.20. The summed E-state index contributed by atoms with van der Waals surface area (Å²) in [4.78, 5) is 10.7. The summed E-state index contributed by atoms with van der Waals surface area (Å²) in [5, 5.41) is 3.28. The average molecular weight is 284 g/mol. The predicted octanol–water partition coefficient (Wildman–Crippen LogP) is 1.56. The van der Waals surface area contributed by atoms with E-state index >= 15 is 0 Å². The molecule has 0 radical (unpaired) electrons. The van der Waals surface area contributed by atoms with Crippen molar-refractivity contribution in [2.75, 3.05) is 40.9 Å². The molecule has 0 aliphatic carbocycles. The number of aromatic nitrogens is 2. The van der Waals surface area contributed by atoms with Gasteiger partial charge in [-0.05, 0) is 13.6 Å². The van der Waals surface area contributed by atoms with Gasteiger partial charge in [-0.25, -0.2) is 0 Å². The predicted molar refractivity (Wildman–Crippen MR) is 81.4 cm³/mol. The van der Waals surface area contributed by atoms with Gasteiger partial charge in [-0.2, -0.15) is 9.97 Å². The van der Waals surface area contributed by atoms with Gasteiger partial charge in [0, 0.05) is 13.1 Å². The van der Waals surface area contributed by atoms with Gasteiger partial charge in [-0.1, -0.05) is 20.8 Å². The molecule has 6 nitrogen and oxygen atoms in total. The Balaban J connectivity index is 0.00000172. The second-order valence-corrected chi connectivity index (χ2v) is 3.96. The van der Waals surface area contributed by atoms with Crippen LogP contribution in [0.5, 0.6) is 11.8 Å². The van der Waals surface area contributed by atoms with Crippen molar-refractivity contribution in [1.29, 1.82) is 0 Å². The maximum atomic E-state index is 5.12. The first kappa shape index (κ1) is 18.6. The molecule has 1 aromatic rings. The van der Waals surface area contributed by atoms with Crippen molar-refractivity contribution in [2.45, 2.75) is 27.3 Å². The van der Waals surface area contributed by atoms with Crippen LogP contribution in [0.2, 0.25) is 0 Å². The highest BCUT2D eigenvalue weighted by Crippen LogP contribution is 2.15. The summed E-state index contributed by atoms with van der Waals surface area (Å²) in [5.74, 6) is 1.75. The molecule has 20 heavy (non-hydrogen) atoms.